The zero-order chi connectivity index (χ0) is 26.6. The molecule has 7 nitrogen and oxygen atoms in total. The van der Waals surface area contributed by atoms with Crippen LogP contribution in [0, 0.1) is 17.7 Å². The van der Waals surface area contributed by atoms with E-state index in [2.05, 4.69) is 11.9 Å². The number of carbonyl (C=O) groups excluding carboxylic acids is 1. The van der Waals surface area contributed by atoms with Crippen LogP contribution in [0.4, 0.5) is 18.9 Å². The second-order valence-corrected chi connectivity index (χ2v) is 9.39. The number of methoxy groups -OCH3 is 1. The number of amides is 1. The van der Waals surface area contributed by atoms with Crippen LogP contribution >= 0.6 is 0 Å². The van der Waals surface area contributed by atoms with Crippen molar-refractivity contribution < 1.29 is 37.3 Å². The van der Waals surface area contributed by atoms with Gasteiger partial charge in [0.2, 0.25) is 11.8 Å². The molecule has 10 heteroatoms. The van der Waals surface area contributed by atoms with Crippen molar-refractivity contribution in [2.75, 3.05) is 12.0 Å². The quantitative estimate of drug-likeness (QED) is 0.424. The first-order valence-corrected chi connectivity index (χ1v) is 11.9. The lowest BCUT2D eigenvalue weighted by Gasteiger charge is -2.34. The maximum atomic E-state index is 15.2. The second kappa shape index (κ2) is 11.7. The van der Waals surface area contributed by atoms with E-state index < -0.39 is 41.4 Å². The summed E-state index contributed by atoms with van der Waals surface area (Å²) in [5.74, 6) is -3.62. The number of alkyl halides is 2. The number of ether oxygens (including phenoxy) is 2. The number of aromatic nitrogens is 1. The monoisotopic (exact) mass is 508 g/mol. The second-order valence-electron chi connectivity index (χ2n) is 9.39. The summed E-state index contributed by atoms with van der Waals surface area (Å²) < 4.78 is 53.1. The van der Waals surface area contributed by atoms with Gasteiger partial charge >= 0.3 is 5.97 Å². The summed E-state index contributed by atoms with van der Waals surface area (Å²) in [7, 11) is 1.34. The molecule has 0 radical (unpaired) electrons. The Labute approximate surface area is 208 Å². The molecule has 2 aromatic rings. The molecule has 1 fully saturated rings. The Balaban J connectivity index is 2.03. The van der Waals surface area contributed by atoms with Crippen molar-refractivity contribution in [3.63, 3.8) is 0 Å². The molecule has 1 aromatic carbocycles. The van der Waals surface area contributed by atoms with Gasteiger partial charge in [-0.3, -0.25) is 4.79 Å². The normalized spacial score (nSPS) is 17.9. The van der Waals surface area contributed by atoms with E-state index in [1.54, 1.807) is 13.8 Å². The number of rotatable bonds is 9. The van der Waals surface area contributed by atoms with Gasteiger partial charge in [0.05, 0.1) is 23.4 Å². The molecule has 1 aliphatic rings. The molecule has 0 unspecified atom stereocenters. The van der Waals surface area contributed by atoms with Gasteiger partial charge in [0.15, 0.2) is 11.6 Å². The lowest BCUT2D eigenvalue weighted by molar-refractivity contribution is -0.123. The van der Waals surface area contributed by atoms with Crippen molar-refractivity contribution in [1.82, 2.24) is 4.98 Å². The van der Waals surface area contributed by atoms with Crippen LogP contribution in [-0.2, 0) is 16.1 Å². The Bertz CT molecular complexity index is 1100. The van der Waals surface area contributed by atoms with E-state index in [-0.39, 0.29) is 35.2 Å². The van der Waals surface area contributed by atoms with Gasteiger partial charge in [-0.15, -0.1) is 0 Å². The summed E-state index contributed by atoms with van der Waals surface area (Å²) >= 11 is 0. The Morgan fingerprint density at radius 3 is 2.42 bits per heavy atom. The topological polar surface area (TPSA) is 89.0 Å². The molecule has 0 saturated heterocycles. The third kappa shape index (κ3) is 5.98. The van der Waals surface area contributed by atoms with Crippen molar-refractivity contribution in [2.24, 2.45) is 11.8 Å². The molecule has 36 heavy (non-hydrogen) atoms. The molecule has 1 heterocycles. The van der Waals surface area contributed by atoms with Crippen LogP contribution < -0.4 is 9.64 Å². The Kier molecular flexibility index (Phi) is 8.94. The summed E-state index contributed by atoms with van der Waals surface area (Å²) in [5, 5.41) is 9.89. The summed E-state index contributed by atoms with van der Waals surface area (Å²) in [6.07, 6.45) is 1.34. The molecule has 3 rings (SSSR count). The molecule has 1 aliphatic carbocycles. The largest absolute Gasteiger partial charge is 0.478 e. The number of hydrogen-bond donors (Lipinski definition) is 1. The fourth-order valence-corrected chi connectivity index (χ4v) is 4.54. The third-order valence-corrected chi connectivity index (χ3v) is 6.43. The number of benzene rings is 1. The van der Waals surface area contributed by atoms with Crippen molar-refractivity contribution >= 4 is 17.6 Å². The van der Waals surface area contributed by atoms with Crippen molar-refractivity contribution in [1.29, 1.82) is 0 Å². The lowest BCUT2D eigenvalue weighted by Crippen LogP contribution is -2.43. The maximum absolute atomic E-state index is 15.2. The van der Waals surface area contributed by atoms with Gasteiger partial charge in [-0.1, -0.05) is 6.92 Å². The van der Waals surface area contributed by atoms with Gasteiger partial charge in [-0.25, -0.2) is 22.9 Å². The van der Waals surface area contributed by atoms with Gasteiger partial charge in [0.25, 0.3) is 6.43 Å². The van der Waals surface area contributed by atoms with E-state index in [4.69, 9.17) is 9.47 Å². The van der Waals surface area contributed by atoms with Crippen LogP contribution in [0.5, 0.6) is 11.6 Å². The average molecular weight is 509 g/mol. The molecule has 0 bridgehead atoms. The Morgan fingerprint density at radius 2 is 1.86 bits per heavy atom. The Morgan fingerprint density at radius 1 is 1.19 bits per heavy atom. The number of anilines is 1. The van der Waals surface area contributed by atoms with Crippen LogP contribution in [0.1, 0.15) is 74.4 Å². The average Bonchev–Trinajstić information content (AvgIpc) is 2.81. The first-order chi connectivity index (χ1) is 17.0. The number of aromatic carboxylic acids is 1. The van der Waals surface area contributed by atoms with Gasteiger partial charge in [-0.05, 0) is 57.1 Å². The van der Waals surface area contributed by atoms with Crippen molar-refractivity contribution in [2.45, 2.75) is 65.5 Å². The minimum Gasteiger partial charge on any atom is -0.478 e. The fraction of sp³-hybridized carbons (Fsp3) is 0.500. The number of carboxylic acids is 1. The van der Waals surface area contributed by atoms with Crippen LogP contribution in [0.15, 0.2) is 24.4 Å². The number of halogens is 3. The lowest BCUT2D eigenvalue weighted by atomic mass is 9.82. The van der Waals surface area contributed by atoms with Gasteiger partial charge in [0.1, 0.15) is 0 Å². The predicted molar refractivity (Wildman–Crippen MR) is 127 cm³/mol. The fourth-order valence-electron chi connectivity index (χ4n) is 4.54. The van der Waals surface area contributed by atoms with E-state index in [9.17, 15) is 23.5 Å². The summed E-state index contributed by atoms with van der Waals surface area (Å²) in [5.41, 5.74) is -0.970. The van der Waals surface area contributed by atoms with E-state index in [0.717, 1.165) is 25.0 Å². The summed E-state index contributed by atoms with van der Waals surface area (Å²) in [6.45, 7) is 5.41. The van der Waals surface area contributed by atoms with Gasteiger partial charge < -0.3 is 19.5 Å². The van der Waals surface area contributed by atoms with Crippen LogP contribution in [0.3, 0.4) is 0 Å². The molecular formula is C26H31F3N2O5. The third-order valence-electron chi connectivity index (χ3n) is 6.43. The van der Waals surface area contributed by atoms with E-state index >= 15 is 4.39 Å². The number of pyridine rings is 1. The molecular weight excluding hydrogens is 477 g/mol. The highest BCUT2D eigenvalue weighted by atomic mass is 19.3. The summed E-state index contributed by atoms with van der Waals surface area (Å²) in [6, 6.07) is 2.69. The predicted octanol–water partition coefficient (Wildman–Crippen LogP) is 6.36. The highest BCUT2D eigenvalue weighted by molar-refractivity contribution is 6.03. The molecule has 1 saturated carbocycles. The first-order valence-electron chi connectivity index (χ1n) is 11.9. The molecule has 1 amide bonds. The SMILES string of the molecule is COCc1ccnc(Oc2cc(C(=O)O)c(N(C(=O)C3CCC(C)CC3)C(C)C)cc2F)c1C(F)F. The number of carboxylic acid groups (broad SMARTS) is 1. The number of hydrogen-bond acceptors (Lipinski definition) is 5. The van der Waals surface area contributed by atoms with E-state index in [1.807, 2.05) is 0 Å². The Hall–Kier alpha value is -3.14. The molecule has 0 spiro atoms. The van der Waals surface area contributed by atoms with Crippen LogP contribution in [0.2, 0.25) is 0 Å². The van der Waals surface area contributed by atoms with Crippen LogP contribution in [-0.4, -0.2) is 35.1 Å². The zero-order valence-electron chi connectivity index (χ0n) is 20.8. The minimum absolute atomic E-state index is 0.103. The summed E-state index contributed by atoms with van der Waals surface area (Å²) in [4.78, 5) is 30.7. The van der Waals surface area contributed by atoms with E-state index in [0.29, 0.717) is 18.8 Å². The molecule has 196 valence electrons. The first kappa shape index (κ1) is 27.4. The number of carbonyl (C=O) groups is 2. The highest BCUT2D eigenvalue weighted by Gasteiger charge is 2.33. The molecule has 0 atom stereocenters. The standard InChI is InChI=1S/C26H31F3N2O5/c1-14(2)31(25(32)16-7-5-15(3)6-8-16)20-12-19(27)21(11-18(20)26(33)34)36-24-22(23(28)29)17(13-35-4)9-10-30-24/h9-12,14-16,23H,5-8,13H2,1-4H3,(H,33,34). The minimum atomic E-state index is -2.99. The van der Waals surface area contributed by atoms with Crippen LogP contribution in [0.25, 0.3) is 0 Å². The molecule has 0 aliphatic heterocycles. The number of nitrogens with zero attached hydrogens (tertiary/aromatic N) is 2. The maximum Gasteiger partial charge on any atom is 0.337 e. The smallest absolute Gasteiger partial charge is 0.337 e. The van der Waals surface area contributed by atoms with E-state index in [1.165, 1.54) is 24.3 Å². The van der Waals surface area contributed by atoms with Crippen molar-refractivity contribution in [3.05, 3.63) is 46.9 Å². The van der Waals surface area contributed by atoms with Crippen molar-refractivity contribution in [3.8, 4) is 11.6 Å². The van der Waals surface area contributed by atoms with Gasteiger partial charge in [-0.2, -0.15) is 0 Å². The molecule has 1 aromatic heterocycles. The highest BCUT2D eigenvalue weighted by Crippen LogP contribution is 2.38. The zero-order valence-corrected chi connectivity index (χ0v) is 20.8. The van der Waals surface area contributed by atoms with Gasteiger partial charge in [0, 0.05) is 37.4 Å². The molecule has 1 N–H and O–H groups in total.